The van der Waals surface area contributed by atoms with Gasteiger partial charge in [-0.25, -0.2) is 18.2 Å². The lowest BCUT2D eigenvalue weighted by atomic mass is 9.85. The van der Waals surface area contributed by atoms with Gasteiger partial charge in [-0.1, -0.05) is 51.1 Å². The lowest BCUT2D eigenvalue weighted by Crippen LogP contribution is -2.57. The normalized spacial score (nSPS) is 16.8. The van der Waals surface area contributed by atoms with Crippen LogP contribution in [0.2, 0.25) is 0 Å². The standard InChI is InChI=1S/C51H52F6N8O6S/c1-49(2,3)44(46(68)63-20-12-15-36(63)43(67)45-60-27-37(62(45)6)29-13-8-7-9-14-29)61-39(66)28-70-21-10-11-22-71-38-19-17-30(23-33(38)52)42-34(53)24-32(26-59-42)65-48(72)64(47(69)50(65,4)5)35-18-16-31(25-58)40(41(35)54)51(55,56)57/h7-9,13-14,16-19,23-24,26-27,36,43-44,67H,10-12,15,20-22,28H2,1-6H3,(H,61,66)/t36?,43?,44-/m1/s1. The Morgan fingerprint density at radius 2 is 1.68 bits per heavy atom. The van der Waals surface area contributed by atoms with Gasteiger partial charge in [0.25, 0.3) is 5.91 Å². The summed E-state index contributed by atoms with van der Waals surface area (Å²) in [4.78, 5) is 52.7. The minimum atomic E-state index is -5.27. The van der Waals surface area contributed by atoms with Crippen LogP contribution in [0.4, 0.5) is 37.7 Å². The highest BCUT2D eigenvalue weighted by Gasteiger charge is 2.52. The Morgan fingerprint density at radius 3 is 2.33 bits per heavy atom. The van der Waals surface area contributed by atoms with Crippen molar-refractivity contribution in [3.8, 4) is 34.3 Å². The molecule has 0 bridgehead atoms. The topological polar surface area (TPSA) is 166 Å². The molecule has 0 spiro atoms. The number of alkyl halides is 3. The van der Waals surface area contributed by atoms with Gasteiger partial charge >= 0.3 is 6.18 Å². The van der Waals surface area contributed by atoms with Crippen LogP contribution in [0.3, 0.4) is 0 Å². The zero-order valence-electron chi connectivity index (χ0n) is 40.2. The molecule has 2 aromatic heterocycles. The van der Waals surface area contributed by atoms with E-state index in [0.29, 0.717) is 43.0 Å². The molecule has 14 nitrogen and oxygen atoms in total. The molecule has 2 unspecified atom stereocenters. The number of nitrogens with one attached hydrogen (secondary N) is 1. The van der Waals surface area contributed by atoms with Gasteiger partial charge in [0.2, 0.25) is 11.8 Å². The predicted molar refractivity (Wildman–Crippen MR) is 258 cm³/mol. The molecule has 380 valence electrons. The number of rotatable bonds is 16. The second-order valence-electron chi connectivity index (χ2n) is 19.0. The zero-order valence-corrected chi connectivity index (χ0v) is 41.0. The van der Waals surface area contributed by atoms with Gasteiger partial charge in [0.15, 0.2) is 28.3 Å². The van der Waals surface area contributed by atoms with Crippen LogP contribution in [0.5, 0.6) is 5.75 Å². The average molecular weight is 1020 g/mol. The number of nitriles is 1. The van der Waals surface area contributed by atoms with E-state index in [2.05, 4.69) is 15.3 Å². The summed E-state index contributed by atoms with van der Waals surface area (Å²) >= 11 is 5.43. The molecule has 0 radical (unpaired) electrons. The third-order valence-electron chi connectivity index (χ3n) is 12.6. The van der Waals surface area contributed by atoms with Gasteiger partial charge in [0.1, 0.15) is 41.4 Å². The summed E-state index contributed by atoms with van der Waals surface area (Å²) in [7, 11) is 1.82. The average Bonchev–Trinajstić information content (AvgIpc) is 4.01. The lowest BCUT2D eigenvalue weighted by Gasteiger charge is -2.37. The van der Waals surface area contributed by atoms with E-state index in [-0.39, 0.29) is 48.4 Å². The van der Waals surface area contributed by atoms with E-state index in [4.69, 9.17) is 27.0 Å². The highest BCUT2D eigenvalue weighted by Crippen LogP contribution is 2.43. The van der Waals surface area contributed by atoms with Crippen molar-refractivity contribution < 1.29 is 55.3 Å². The summed E-state index contributed by atoms with van der Waals surface area (Å²) in [5, 5.41) is 23.1. The van der Waals surface area contributed by atoms with Crippen LogP contribution in [0.25, 0.3) is 22.5 Å². The molecule has 72 heavy (non-hydrogen) atoms. The van der Waals surface area contributed by atoms with E-state index in [1.807, 2.05) is 62.7 Å². The van der Waals surface area contributed by atoms with Crippen molar-refractivity contribution in [2.24, 2.45) is 12.5 Å². The molecule has 2 saturated heterocycles. The molecular weight excluding hydrogens is 967 g/mol. The predicted octanol–water partition coefficient (Wildman–Crippen LogP) is 8.80. The van der Waals surface area contributed by atoms with E-state index in [9.17, 15) is 32.7 Å². The maximum absolute atomic E-state index is 15.7. The molecule has 7 rings (SSSR count). The van der Waals surface area contributed by atoms with Crippen LogP contribution in [-0.2, 0) is 32.3 Å². The van der Waals surface area contributed by atoms with E-state index in [1.54, 1.807) is 11.1 Å². The minimum absolute atomic E-state index is 0.0196. The number of hydrogen-bond donors (Lipinski definition) is 2. The number of likely N-dealkylation sites (tertiary alicyclic amines) is 1. The smallest absolute Gasteiger partial charge is 0.420 e. The molecule has 3 atom stereocenters. The number of aliphatic hydroxyl groups is 1. The number of anilines is 2. The number of hydrogen-bond acceptors (Lipinski definition) is 10. The molecule has 2 N–H and O–H groups in total. The van der Waals surface area contributed by atoms with E-state index in [0.717, 1.165) is 46.6 Å². The lowest BCUT2D eigenvalue weighted by molar-refractivity contribution is -0.143. The third-order valence-corrected chi connectivity index (χ3v) is 13.0. The van der Waals surface area contributed by atoms with Crippen molar-refractivity contribution in [2.45, 2.75) is 90.2 Å². The monoisotopic (exact) mass is 1020 g/mol. The van der Waals surface area contributed by atoms with Crippen LogP contribution in [0.1, 0.15) is 83.4 Å². The summed E-state index contributed by atoms with van der Waals surface area (Å²) < 4.78 is 101. The molecule has 0 aliphatic carbocycles. The van der Waals surface area contributed by atoms with Gasteiger partial charge < -0.3 is 34.3 Å². The summed E-state index contributed by atoms with van der Waals surface area (Å²) in [5.41, 5.74) is -4.68. The van der Waals surface area contributed by atoms with Crippen molar-refractivity contribution >= 4 is 46.4 Å². The second kappa shape index (κ2) is 21.1. The Hall–Kier alpha value is -6.89. The van der Waals surface area contributed by atoms with Crippen molar-refractivity contribution in [1.82, 2.24) is 24.8 Å². The number of carbonyl (C=O) groups excluding carboxylic acids is 3. The first kappa shape index (κ1) is 52.9. The van der Waals surface area contributed by atoms with Gasteiger partial charge in [-0.15, -0.1) is 0 Å². The Labute approximate surface area is 417 Å². The largest absolute Gasteiger partial charge is 0.491 e. The molecule has 2 aliphatic rings. The number of pyridine rings is 1. The minimum Gasteiger partial charge on any atom is -0.491 e. The number of aromatic nitrogens is 3. The highest BCUT2D eigenvalue weighted by atomic mass is 32.1. The van der Waals surface area contributed by atoms with Crippen molar-refractivity contribution in [3.05, 3.63) is 114 Å². The SMILES string of the molecule is Cn1c(-c2ccccc2)cnc1C(O)C1CCCN1C(=O)[C@@H](NC(=O)COCCCCOc1ccc(-c2ncc(N3C(=S)N(c4ccc(C#N)c(C(F)(F)F)c4F)C(=O)C3(C)C)cc2F)cc1F)C(C)(C)C. The molecule has 2 fully saturated rings. The number of ether oxygens (including phenoxy) is 2. The molecule has 0 saturated carbocycles. The van der Waals surface area contributed by atoms with Crippen LogP contribution < -0.4 is 19.9 Å². The number of benzene rings is 3. The van der Waals surface area contributed by atoms with Gasteiger partial charge in [-0.05, 0) is 93.1 Å². The number of imidazole rings is 1. The van der Waals surface area contributed by atoms with Crippen molar-refractivity contribution in [2.75, 3.05) is 36.2 Å². The Morgan fingerprint density at radius 1 is 0.972 bits per heavy atom. The number of nitrogens with zero attached hydrogens (tertiary/aromatic N) is 7. The van der Waals surface area contributed by atoms with E-state index in [1.165, 1.54) is 32.0 Å². The molecule has 5 aromatic rings. The second-order valence-corrected chi connectivity index (χ2v) is 19.4. The van der Waals surface area contributed by atoms with Crippen LogP contribution in [0, 0.1) is 34.2 Å². The first-order chi connectivity index (χ1) is 34.0. The number of halogens is 6. The molecule has 2 aliphatic heterocycles. The number of aliphatic hydroxyl groups excluding tert-OH is 1. The fourth-order valence-corrected chi connectivity index (χ4v) is 9.40. The quantitative estimate of drug-likeness (QED) is 0.0551. The molecule has 21 heteroatoms. The number of amides is 3. The van der Waals surface area contributed by atoms with Gasteiger partial charge in [0.05, 0.1) is 53.7 Å². The summed E-state index contributed by atoms with van der Waals surface area (Å²) in [6.45, 7) is 8.52. The third kappa shape index (κ3) is 10.7. The summed E-state index contributed by atoms with van der Waals surface area (Å²) in [6.07, 6.45) is -1.44. The Balaban J connectivity index is 0.894. The fraction of sp³-hybridized carbons (Fsp3) is 0.392. The first-order valence-electron chi connectivity index (χ1n) is 23.0. The molecule has 4 heterocycles. The Kier molecular flexibility index (Phi) is 15.5. The van der Waals surface area contributed by atoms with Crippen molar-refractivity contribution in [3.63, 3.8) is 0 Å². The maximum Gasteiger partial charge on any atom is 0.420 e. The van der Waals surface area contributed by atoms with E-state index >= 15 is 13.2 Å². The van der Waals surface area contributed by atoms with Gasteiger partial charge in [0, 0.05) is 31.8 Å². The van der Waals surface area contributed by atoms with Gasteiger partial charge in [-0.2, -0.15) is 18.4 Å². The Bertz CT molecular complexity index is 2920. The number of unbranched alkanes of at least 4 members (excludes halogenated alkanes) is 1. The molecular formula is C51H52F6N8O6S. The van der Waals surface area contributed by atoms with E-state index < -0.39 is 86.5 Å². The highest BCUT2D eigenvalue weighted by molar-refractivity contribution is 7.81. The van der Waals surface area contributed by atoms with Crippen LogP contribution in [-0.4, -0.2) is 91.4 Å². The van der Waals surface area contributed by atoms with Gasteiger partial charge in [-0.3, -0.25) is 24.3 Å². The summed E-state index contributed by atoms with van der Waals surface area (Å²) in [6, 6.07) is 15.7. The van der Waals surface area contributed by atoms with Crippen LogP contribution in [0.15, 0.2) is 79.1 Å². The zero-order chi connectivity index (χ0) is 52.4. The fourth-order valence-electron chi connectivity index (χ4n) is 8.89. The molecule has 3 amide bonds. The first-order valence-corrected chi connectivity index (χ1v) is 23.4. The summed E-state index contributed by atoms with van der Waals surface area (Å²) in [5.74, 6) is -5.14. The van der Waals surface area contributed by atoms with Crippen LogP contribution >= 0.6 is 12.2 Å². The number of carbonyl (C=O) groups is 3. The maximum atomic E-state index is 15.7. The van der Waals surface area contributed by atoms with Crippen molar-refractivity contribution in [1.29, 1.82) is 5.26 Å². The molecule has 3 aromatic carbocycles. The number of thiocarbonyl (C=S) groups is 1.